The van der Waals surface area contributed by atoms with Gasteiger partial charge >= 0.3 is 0 Å². The standard InChI is InChI=1S/C22H16N4O2/c27-21-7-3-1-5-15(21)13-25-19-11-17-18(24-10-9-23-17)12-20(19)26-14-16-6-2-4-8-22(16)28/h1-14,27-28H/b25-13+,26-14+. The zero-order chi connectivity index (χ0) is 19.3. The van der Waals surface area contributed by atoms with Gasteiger partial charge in [0, 0.05) is 35.9 Å². The molecule has 0 fully saturated rings. The molecular weight excluding hydrogens is 352 g/mol. The highest BCUT2D eigenvalue weighted by Crippen LogP contribution is 2.32. The van der Waals surface area contributed by atoms with Gasteiger partial charge in [0.25, 0.3) is 0 Å². The molecule has 6 heteroatoms. The molecule has 0 aliphatic rings. The molecule has 136 valence electrons. The second-order valence-corrected chi connectivity index (χ2v) is 6.02. The van der Waals surface area contributed by atoms with Gasteiger partial charge in [-0.05, 0) is 36.4 Å². The number of aromatic nitrogens is 2. The summed E-state index contributed by atoms with van der Waals surface area (Å²) in [5.74, 6) is 0.289. The van der Waals surface area contributed by atoms with Crippen LogP contribution in [-0.4, -0.2) is 32.6 Å². The van der Waals surface area contributed by atoms with Crippen LogP contribution < -0.4 is 0 Å². The lowest BCUT2D eigenvalue weighted by atomic mass is 10.2. The lowest BCUT2D eigenvalue weighted by Gasteiger charge is -2.04. The van der Waals surface area contributed by atoms with Gasteiger partial charge in [0.1, 0.15) is 11.5 Å². The molecule has 0 amide bonds. The van der Waals surface area contributed by atoms with E-state index >= 15 is 0 Å². The molecule has 1 heterocycles. The molecule has 0 spiro atoms. The van der Waals surface area contributed by atoms with Crippen LogP contribution in [0.15, 0.2) is 83.0 Å². The van der Waals surface area contributed by atoms with E-state index in [9.17, 15) is 10.2 Å². The van der Waals surface area contributed by atoms with E-state index in [2.05, 4.69) is 20.0 Å². The van der Waals surface area contributed by atoms with E-state index in [-0.39, 0.29) is 11.5 Å². The number of fused-ring (bicyclic) bond motifs is 1. The Morgan fingerprint density at radius 3 is 1.50 bits per heavy atom. The largest absolute Gasteiger partial charge is 0.507 e. The Morgan fingerprint density at radius 2 is 1.07 bits per heavy atom. The summed E-state index contributed by atoms with van der Waals surface area (Å²) in [7, 11) is 0. The van der Waals surface area contributed by atoms with Crippen LogP contribution in [0.5, 0.6) is 11.5 Å². The summed E-state index contributed by atoms with van der Waals surface area (Å²) in [6.45, 7) is 0. The number of hydrogen-bond donors (Lipinski definition) is 2. The fourth-order valence-corrected chi connectivity index (χ4v) is 2.67. The first-order valence-electron chi connectivity index (χ1n) is 8.59. The van der Waals surface area contributed by atoms with Crippen LogP contribution in [0.1, 0.15) is 11.1 Å². The van der Waals surface area contributed by atoms with E-state index < -0.39 is 0 Å². The van der Waals surface area contributed by atoms with Crippen molar-refractivity contribution in [1.29, 1.82) is 0 Å². The Labute approximate surface area is 161 Å². The zero-order valence-electron chi connectivity index (χ0n) is 14.8. The number of benzene rings is 3. The lowest BCUT2D eigenvalue weighted by molar-refractivity contribution is 0.474. The molecule has 0 saturated carbocycles. The van der Waals surface area contributed by atoms with Gasteiger partial charge in [-0.15, -0.1) is 0 Å². The molecule has 0 atom stereocenters. The van der Waals surface area contributed by atoms with Gasteiger partial charge in [0.15, 0.2) is 0 Å². The monoisotopic (exact) mass is 368 g/mol. The average molecular weight is 368 g/mol. The topological polar surface area (TPSA) is 91.0 Å². The molecule has 4 rings (SSSR count). The number of aromatic hydroxyl groups is 2. The van der Waals surface area contributed by atoms with E-state index in [1.807, 2.05) is 12.1 Å². The van der Waals surface area contributed by atoms with Crippen LogP contribution in [0, 0.1) is 0 Å². The van der Waals surface area contributed by atoms with Crippen molar-refractivity contribution >= 4 is 34.8 Å². The number of rotatable bonds is 4. The van der Waals surface area contributed by atoms with Gasteiger partial charge in [0.2, 0.25) is 0 Å². The Kier molecular flexibility index (Phi) is 4.76. The maximum absolute atomic E-state index is 9.94. The van der Waals surface area contributed by atoms with Gasteiger partial charge in [-0.3, -0.25) is 20.0 Å². The van der Waals surface area contributed by atoms with E-state index in [4.69, 9.17) is 0 Å². The second-order valence-electron chi connectivity index (χ2n) is 6.02. The van der Waals surface area contributed by atoms with Gasteiger partial charge in [-0.2, -0.15) is 0 Å². The molecule has 0 saturated heterocycles. The lowest BCUT2D eigenvalue weighted by Crippen LogP contribution is -1.85. The molecule has 0 unspecified atom stereocenters. The summed E-state index contributed by atoms with van der Waals surface area (Å²) in [6, 6.07) is 17.5. The average Bonchev–Trinajstić information content (AvgIpc) is 2.72. The summed E-state index contributed by atoms with van der Waals surface area (Å²) < 4.78 is 0. The molecule has 0 aliphatic carbocycles. The normalized spacial score (nSPS) is 11.6. The smallest absolute Gasteiger partial charge is 0.124 e. The van der Waals surface area contributed by atoms with Crippen LogP contribution in [0.4, 0.5) is 11.4 Å². The minimum absolute atomic E-state index is 0.145. The van der Waals surface area contributed by atoms with Crippen molar-refractivity contribution in [2.75, 3.05) is 0 Å². The van der Waals surface area contributed by atoms with Crippen molar-refractivity contribution in [3.8, 4) is 11.5 Å². The minimum Gasteiger partial charge on any atom is -0.507 e. The van der Waals surface area contributed by atoms with Gasteiger partial charge in [0.05, 0.1) is 22.4 Å². The number of phenolic OH excluding ortho intramolecular Hbond substituents is 2. The Bertz CT molecular complexity index is 1110. The van der Waals surface area contributed by atoms with Crippen LogP contribution >= 0.6 is 0 Å². The maximum Gasteiger partial charge on any atom is 0.124 e. The predicted molar refractivity (Wildman–Crippen MR) is 110 cm³/mol. The van der Waals surface area contributed by atoms with E-state index in [0.717, 1.165) is 0 Å². The first-order valence-corrected chi connectivity index (χ1v) is 8.59. The summed E-state index contributed by atoms with van der Waals surface area (Å²) >= 11 is 0. The maximum atomic E-state index is 9.94. The van der Waals surface area contributed by atoms with Crippen LogP contribution in [-0.2, 0) is 0 Å². The molecule has 0 bridgehead atoms. The number of phenols is 2. The second kappa shape index (κ2) is 7.67. The van der Waals surface area contributed by atoms with E-state index in [0.29, 0.717) is 33.5 Å². The third-order valence-corrected chi connectivity index (χ3v) is 4.12. The van der Waals surface area contributed by atoms with Crippen molar-refractivity contribution in [1.82, 2.24) is 9.97 Å². The third kappa shape index (κ3) is 3.71. The molecule has 1 aromatic heterocycles. The van der Waals surface area contributed by atoms with E-state index in [1.54, 1.807) is 73.4 Å². The highest BCUT2D eigenvalue weighted by atomic mass is 16.3. The summed E-state index contributed by atoms with van der Waals surface area (Å²) in [6.07, 6.45) is 6.38. The molecule has 0 aliphatic heterocycles. The van der Waals surface area contributed by atoms with Gasteiger partial charge in [-0.25, -0.2) is 0 Å². The quantitative estimate of drug-likeness (QED) is 0.517. The highest BCUT2D eigenvalue weighted by molar-refractivity contribution is 5.93. The van der Waals surface area contributed by atoms with E-state index in [1.165, 1.54) is 0 Å². The van der Waals surface area contributed by atoms with Crippen molar-refractivity contribution in [2.45, 2.75) is 0 Å². The first-order chi connectivity index (χ1) is 13.7. The molecule has 4 aromatic rings. The Hall–Kier alpha value is -4.06. The van der Waals surface area contributed by atoms with Crippen molar-refractivity contribution in [2.24, 2.45) is 9.98 Å². The fourth-order valence-electron chi connectivity index (χ4n) is 2.67. The van der Waals surface area contributed by atoms with Crippen LogP contribution in [0.3, 0.4) is 0 Å². The highest BCUT2D eigenvalue weighted by Gasteiger charge is 2.06. The van der Waals surface area contributed by atoms with Crippen LogP contribution in [0.25, 0.3) is 11.0 Å². The Morgan fingerprint density at radius 1 is 0.643 bits per heavy atom. The molecule has 28 heavy (non-hydrogen) atoms. The number of para-hydroxylation sites is 2. The SMILES string of the molecule is Oc1ccccc1/C=N/c1cc2nccnc2cc1/N=C/c1ccccc1O. The predicted octanol–water partition coefficient (Wildman–Crippen LogP) is 4.54. The molecule has 2 N–H and O–H groups in total. The molecule has 6 nitrogen and oxygen atoms in total. The molecular formula is C22H16N4O2. The summed E-state index contributed by atoms with van der Waals surface area (Å²) in [5, 5.41) is 19.9. The number of hydrogen-bond acceptors (Lipinski definition) is 6. The molecule has 0 radical (unpaired) electrons. The van der Waals surface area contributed by atoms with Crippen molar-refractivity contribution in [3.63, 3.8) is 0 Å². The number of aliphatic imine (C=N–C) groups is 2. The van der Waals surface area contributed by atoms with Gasteiger partial charge in [-0.1, -0.05) is 24.3 Å². The molecule has 3 aromatic carbocycles. The zero-order valence-corrected chi connectivity index (χ0v) is 14.8. The summed E-state index contributed by atoms with van der Waals surface area (Å²) in [4.78, 5) is 17.6. The third-order valence-electron chi connectivity index (χ3n) is 4.12. The van der Waals surface area contributed by atoms with Gasteiger partial charge < -0.3 is 10.2 Å². The van der Waals surface area contributed by atoms with Crippen molar-refractivity contribution < 1.29 is 10.2 Å². The van der Waals surface area contributed by atoms with Crippen LogP contribution in [0.2, 0.25) is 0 Å². The Balaban J connectivity index is 1.79. The first kappa shape index (κ1) is 17.4. The minimum atomic E-state index is 0.145. The van der Waals surface area contributed by atoms with Crippen molar-refractivity contribution in [3.05, 3.63) is 84.2 Å². The summed E-state index contributed by atoms with van der Waals surface area (Å²) in [5.41, 5.74) is 3.71. The number of nitrogens with zero attached hydrogens (tertiary/aromatic N) is 4. The fraction of sp³-hybridized carbons (Fsp3) is 0.